The largest absolute Gasteiger partial charge is 0.456 e. The molecule has 0 aliphatic carbocycles. The van der Waals surface area contributed by atoms with Crippen LogP contribution in [-0.4, -0.2) is 19.5 Å². The number of hydrogen-bond acceptors (Lipinski definition) is 5. The van der Waals surface area contributed by atoms with E-state index in [0.29, 0.717) is 17.6 Å². The number of benzene rings is 7. The fourth-order valence-electron chi connectivity index (χ4n) is 7.66. The van der Waals surface area contributed by atoms with Crippen molar-refractivity contribution in [2.24, 2.45) is 0 Å². The molecule has 51 heavy (non-hydrogen) atoms. The second-order valence-electron chi connectivity index (χ2n) is 12.8. The van der Waals surface area contributed by atoms with E-state index in [2.05, 4.69) is 89.5 Å². The number of rotatable bonds is 4. The average Bonchev–Trinajstić information content (AvgIpc) is 3.88. The molecule has 0 atom stereocenters. The van der Waals surface area contributed by atoms with Crippen molar-refractivity contribution in [2.45, 2.75) is 0 Å². The molecule has 0 bridgehead atoms. The molecule has 4 aromatic heterocycles. The van der Waals surface area contributed by atoms with Gasteiger partial charge in [0.05, 0.1) is 16.4 Å². The quantitative estimate of drug-likeness (QED) is 0.189. The highest BCUT2D eigenvalue weighted by Crippen LogP contribution is 2.43. The van der Waals surface area contributed by atoms with Gasteiger partial charge in [-0.25, -0.2) is 4.98 Å². The molecule has 0 saturated carbocycles. The van der Waals surface area contributed by atoms with Gasteiger partial charge in [0.2, 0.25) is 5.95 Å². The van der Waals surface area contributed by atoms with Crippen LogP contribution in [0, 0.1) is 0 Å². The Kier molecular flexibility index (Phi) is 5.86. The van der Waals surface area contributed by atoms with Crippen molar-refractivity contribution in [1.82, 2.24) is 19.5 Å². The van der Waals surface area contributed by atoms with Gasteiger partial charge in [0.25, 0.3) is 0 Å². The predicted molar refractivity (Wildman–Crippen MR) is 205 cm³/mol. The molecule has 238 valence electrons. The summed E-state index contributed by atoms with van der Waals surface area (Å²) in [7, 11) is 0. The van der Waals surface area contributed by atoms with Crippen LogP contribution in [0.3, 0.4) is 0 Å². The molecule has 11 rings (SSSR count). The minimum absolute atomic E-state index is 0.522. The number of fused-ring (bicyclic) bond motifs is 10. The molecule has 0 spiro atoms. The topological polar surface area (TPSA) is 69.9 Å². The van der Waals surface area contributed by atoms with E-state index in [4.69, 9.17) is 23.8 Å². The third-order valence-corrected chi connectivity index (χ3v) is 9.88. The van der Waals surface area contributed by atoms with E-state index < -0.39 is 0 Å². The standard InChI is InChI=1S/C45H26N4O2/c1-3-13-27(14-4-1)29-19-11-23-37-40(29)41-33(20-12-24-38(41)50-37)44-46-43(28-15-5-2-6-16-28)47-45(48-44)49-34-21-9-7-18-32(34)39-35(49)26-25-31-30-17-8-10-22-36(30)51-42(31)39/h1-26H. The summed E-state index contributed by atoms with van der Waals surface area (Å²) in [6.07, 6.45) is 0. The summed E-state index contributed by atoms with van der Waals surface area (Å²) in [5.74, 6) is 1.67. The summed E-state index contributed by atoms with van der Waals surface area (Å²) >= 11 is 0. The van der Waals surface area contributed by atoms with Gasteiger partial charge in [0.1, 0.15) is 22.3 Å². The van der Waals surface area contributed by atoms with Crippen LogP contribution < -0.4 is 0 Å². The van der Waals surface area contributed by atoms with Crippen molar-refractivity contribution in [3.8, 4) is 39.9 Å². The monoisotopic (exact) mass is 654 g/mol. The summed E-state index contributed by atoms with van der Waals surface area (Å²) in [5.41, 5.74) is 9.22. The van der Waals surface area contributed by atoms with E-state index >= 15 is 0 Å². The van der Waals surface area contributed by atoms with Crippen LogP contribution in [0.2, 0.25) is 0 Å². The first-order valence-corrected chi connectivity index (χ1v) is 17.0. The van der Waals surface area contributed by atoms with Crippen molar-refractivity contribution in [1.29, 1.82) is 0 Å². The second-order valence-corrected chi connectivity index (χ2v) is 12.8. The zero-order valence-electron chi connectivity index (χ0n) is 27.1. The average molecular weight is 655 g/mol. The lowest BCUT2D eigenvalue weighted by atomic mass is 9.97. The van der Waals surface area contributed by atoms with Crippen LogP contribution in [-0.2, 0) is 0 Å². The summed E-state index contributed by atoms with van der Waals surface area (Å²) in [6.45, 7) is 0. The highest BCUT2D eigenvalue weighted by atomic mass is 16.3. The Hall–Kier alpha value is -7.05. The highest BCUT2D eigenvalue weighted by Gasteiger charge is 2.23. The van der Waals surface area contributed by atoms with Crippen molar-refractivity contribution in [2.75, 3.05) is 0 Å². The molecule has 11 aromatic rings. The van der Waals surface area contributed by atoms with Gasteiger partial charge in [0.15, 0.2) is 11.6 Å². The molecule has 6 heteroatoms. The summed E-state index contributed by atoms with van der Waals surface area (Å²) in [6, 6.07) is 53.7. The maximum Gasteiger partial charge on any atom is 0.238 e. The summed E-state index contributed by atoms with van der Waals surface area (Å²) in [4.78, 5) is 15.6. The van der Waals surface area contributed by atoms with E-state index in [1.54, 1.807) is 0 Å². The van der Waals surface area contributed by atoms with Gasteiger partial charge < -0.3 is 8.83 Å². The lowest BCUT2D eigenvalue weighted by molar-refractivity contribution is 0.669. The zero-order valence-corrected chi connectivity index (χ0v) is 27.1. The first-order valence-electron chi connectivity index (χ1n) is 17.0. The SMILES string of the molecule is c1ccc(-c2nc(-c3cccc4oc5cccc(-c6ccccc6)c5c34)nc(-n3c4ccccc4c4c5oc6ccccc6c5ccc43)n2)cc1. The van der Waals surface area contributed by atoms with Gasteiger partial charge >= 0.3 is 0 Å². The first kappa shape index (κ1) is 27.9. The van der Waals surface area contributed by atoms with Gasteiger partial charge in [0, 0.05) is 38.1 Å². The number of para-hydroxylation sites is 2. The molecular formula is C45H26N4O2. The summed E-state index contributed by atoms with van der Waals surface area (Å²) < 4.78 is 15.2. The molecule has 4 heterocycles. The van der Waals surface area contributed by atoms with Gasteiger partial charge in [-0.2, -0.15) is 9.97 Å². The minimum Gasteiger partial charge on any atom is -0.456 e. The maximum absolute atomic E-state index is 6.56. The van der Waals surface area contributed by atoms with Crippen molar-refractivity contribution >= 4 is 65.7 Å². The lowest BCUT2D eigenvalue weighted by Crippen LogP contribution is -2.06. The zero-order chi connectivity index (χ0) is 33.5. The Morgan fingerprint density at radius 3 is 1.80 bits per heavy atom. The second kappa shape index (κ2) is 10.7. The fraction of sp³-hybridized carbons (Fsp3) is 0. The van der Waals surface area contributed by atoms with Crippen molar-refractivity contribution < 1.29 is 8.83 Å². The Bertz CT molecular complexity index is 3140. The number of aromatic nitrogens is 4. The lowest BCUT2D eigenvalue weighted by Gasteiger charge is -2.12. The maximum atomic E-state index is 6.56. The van der Waals surface area contributed by atoms with E-state index in [1.165, 1.54) is 0 Å². The molecule has 0 aliphatic heterocycles. The van der Waals surface area contributed by atoms with Crippen LogP contribution >= 0.6 is 0 Å². The number of nitrogens with zero attached hydrogens (tertiary/aromatic N) is 4. The fourth-order valence-corrected chi connectivity index (χ4v) is 7.66. The first-order chi connectivity index (χ1) is 25.3. The van der Waals surface area contributed by atoms with Crippen molar-refractivity contribution in [3.05, 3.63) is 158 Å². The molecular weight excluding hydrogens is 629 g/mol. The smallest absolute Gasteiger partial charge is 0.238 e. The van der Waals surface area contributed by atoms with Gasteiger partial charge in [-0.3, -0.25) is 4.57 Å². The van der Waals surface area contributed by atoms with Crippen LogP contribution in [0.15, 0.2) is 167 Å². The van der Waals surface area contributed by atoms with E-state index in [1.807, 2.05) is 72.8 Å². The minimum atomic E-state index is 0.522. The molecule has 0 fully saturated rings. The van der Waals surface area contributed by atoms with Crippen LogP contribution in [0.5, 0.6) is 0 Å². The Labute approximate surface area is 290 Å². The Morgan fingerprint density at radius 1 is 0.373 bits per heavy atom. The highest BCUT2D eigenvalue weighted by molar-refractivity contribution is 6.24. The van der Waals surface area contributed by atoms with Gasteiger partial charge in [-0.15, -0.1) is 0 Å². The third kappa shape index (κ3) is 4.14. The van der Waals surface area contributed by atoms with Crippen molar-refractivity contribution in [3.63, 3.8) is 0 Å². The van der Waals surface area contributed by atoms with E-state index in [0.717, 1.165) is 87.9 Å². The third-order valence-electron chi connectivity index (χ3n) is 9.88. The molecule has 0 amide bonds. The molecule has 0 aliphatic rings. The van der Waals surface area contributed by atoms with Crippen LogP contribution in [0.25, 0.3) is 106 Å². The normalized spacial score (nSPS) is 11.9. The number of hydrogen-bond donors (Lipinski definition) is 0. The molecule has 6 nitrogen and oxygen atoms in total. The van der Waals surface area contributed by atoms with Gasteiger partial charge in [-0.1, -0.05) is 121 Å². The van der Waals surface area contributed by atoms with E-state index in [9.17, 15) is 0 Å². The molecule has 0 N–H and O–H groups in total. The molecule has 7 aromatic carbocycles. The van der Waals surface area contributed by atoms with Crippen LogP contribution in [0.1, 0.15) is 0 Å². The van der Waals surface area contributed by atoms with E-state index in [-0.39, 0.29) is 0 Å². The Balaban J connectivity index is 1.24. The van der Waals surface area contributed by atoms with Gasteiger partial charge in [-0.05, 0) is 47.5 Å². The molecule has 0 unspecified atom stereocenters. The Morgan fingerprint density at radius 2 is 1.00 bits per heavy atom. The molecule has 0 saturated heterocycles. The predicted octanol–water partition coefficient (Wildman–Crippen LogP) is 11.8. The number of furan rings is 2. The summed E-state index contributed by atoms with van der Waals surface area (Å²) in [5, 5.41) is 6.26. The van der Waals surface area contributed by atoms with Crippen LogP contribution in [0.4, 0.5) is 0 Å². The molecule has 0 radical (unpaired) electrons.